The van der Waals surface area contributed by atoms with Crippen LogP contribution in [0.25, 0.3) is 33.4 Å². The Balaban J connectivity index is 0.643. The summed E-state index contributed by atoms with van der Waals surface area (Å²) in [7, 11) is 0. The molecule has 2 aromatic heterocycles. The number of fused-ring (bicyclic) bond motifs is 8. The van der Waals surface area contributed by atoms with Crippen molar-refractivity contribution < 1.29 is 48.0 Å². The third kappa shape index (κ3) is 14.5. The van der Waals surface area contributed by atoms with Gasteiger partial charge in [0.15, 0.2) is 5.60 Å². The van der Waals surface area contributed by atoms with Gasteiger partial charge in [0.2, 0.25) is 11.8 Å². The summed E-state index contributed by atoms with van der Waals surface area (Å²) in [4.78, 5) is 88.0. The zero-order valence-electron chi connectivity index (χ0n) is 56.8. The molecule has 4 heterocycles. The molecule has 3 aliphatic rings. The van der Waals surface area contributed by atoms with Crippen LogP contribution in [0, 0.1) is 6.92 Å². The lowest BCUT2D eigenvalue weighted by atomic mass is 9.76. The van der Waals surface area contributed by atoms with Gasteiger partial charge in [0.25, 0.3) is 5.56 Å². The minimum Gasteiger partial charge on any atom is -0.494 e. The van der Waals surface area contributed by atoms with Gasteiger partial charge in [-0.3, -0.25) is 19.7 Å². The largest absolute Gasteiger partial charge is 0.494 e. The van der Waals surface area contributed by atoms with Crippen LogP contribution < -0.4 is 36.9 Å². The molecule has 2 aliphatic heterocycles. The molecule has 6 N–H and O–H groups in total. The van der Waals surface area contributed by atoms with E-state index in [1.807, 2.05) is 128 Å². The molecule has 1 aliphatic carbocycles. The summed E-state index contributed by atoms with van der Waals surface area (Å²) >= 11 is 0. The number of anilines is 1. The second kappa shape index (κ2) is 30.5. The number of hydrogen-bond donors (Lipinski definition) is 6. The van der Waals surface area contributed by atoms with Crippen molar-refractivity contribution in [1.82, 2.24) is 30.8 Å². The first-order chi connectivity index (χ1) is 49.2. The van der Waals surface area contributed by atoms with Gasteiger partial charge in [-0.15, -0.1) is 0 Å². The average molecular weight is 1350 g/mol. The molecule has 0 spiro atoms. The van der Waals surface area contributed by atoms with E-state index in [-0.39, 0.29) is 74.8 Å². The molecule has 10 aromatic rings. The van der Waals surface area contributed by atoms with Gasteiger partial charge >= 0.3 is 18.2 Å². The number of cyclic esters (lactones) is 1. The van der Waals surface area contributed by atoms with Crippen LogP contribution in [0.3, 0.4) is 0 Å². The highest BCUT2D eigenvalue weighted by Crippen LogP contribution is 2.45. The van der Waals surface area contributed by atoms with E-state index in [2.05, 4.69) is 94.2 Å². The molecule has 18 nitrogen and oxygen atoms in total. The first-order valence-electron chi connectivity index (χ1n) is 34.7. The van der Waals surface area contributed by atoms with Crippen LogP contribution in [0.1, 0.15) is 119 Å². The summed E-state index contributed by atoms with van der Waals surface area (Å²) in [5.74, 6) is -1.36. The lowest BCUT2D eigenvalue weighted by Gasteiger charge is -2.37. The molecule has 0 bridgehead atoms. The number of alkyl carbamates (subject to hydrolysis) is 2. The molecule has 13 rings (SSSR count). The highest BCUT2D eigenvalue weighted by atomic mass is 16.6. The second-order valence-electron chi connectivity index (χ2n) is 26.0. The lowest BCUT2D eigenvalue weighted by Crippen LogP contribution is -2.53. The van der Waals surface area contributed by atoms with Crippen molar-refractivity contribution in [1.29, 1.82) is 0 Å². The molecule has 8 aromatic carbocycles. The fourth-order valence-corrected chi connectivity index (χ4v) is 14.3. The smallest absolute Gasteiger partial charge is 0.407 e. The molecular weight excluding hydrogens is 1270 g/mol. The highest BCUT2D eigenvalue weighted by molar-refractivity contribution is 5.98. The van der Waals surface area contributed by atoms with Crippen LogP contribution in [-0.2, 0) is 72.3 Å². The zero-order chi connectivity index (χ0) is 70.0. The Morgan fingerprint density at radius 1 is 0.663 bits per heavy atom. The summed E-state index contributed by atoms with van der Waals surface area (Å²) in [6.45, 7) is 7.00. The number of aryl methyl sites for hydroxylation is 2. The van der Waals surface area contributed by atoms with Crippen molar-refractivity contribution in [3.05, 3.63) is 289 Å². The van der Waals surface area contributed by atoms with Gasteiger partial charge in [-0.2, -0.15) is 0 Å². The van der Waals surface area contributed by atoms with Crippen molar-refractivity contribution in [3.63, 3.8) is 0 Å². The number of rotatable bonds is 27. The topological polar surface area (TPSA) is 238 Å². The SMILES string of the molecule is CCc1c2c(nc3ccc(OCCCNC(=O)OCc4ccc(NC(=O)[C@H](CCCCNC(c5ccccc5)(c5ccccc5)c5ccc(C)cc5)NC(=O)[C@H](Cc5ccccc5)NC(=O)OCC5c6ccccc6-c6ccccc65)cc4)cc13)-c1cc3c(c(=O)n1C2)COC(=O)[C@]3(O)CC. The van der Waals surface area contributed by atoms with Crippen LogP contribution in [0.5, 0.6) is 5.75 Å². The molecule has 0 radical (unpaired) electrons. The minimum atomic E-state index is -1.92. The Bertz CT molecular complexity index is 4660. The van der Waals surface area contributed by atoms with Gasteiger partial charge < -0.3 is 49.9 Å². The molecule has 4 amide bonds. The molecule has 0 unspecified atom stereocenters. The normalized spacial score (nSPS) is 14.8. The molecule has 101 heavy (non-hydrogen) atoms. The number of unbranched alkanes of at least 4 members (excludes halogenated alkanes) is 1. The molecule has 514 valence electrons. The minimum absolute atomic E-state index is 0.0474. The number of hydrogen-bond acceptors (Lipinski definition) is 13. The summed E-state index contributed by atoms with van der Waals surface area (Å²) in [6, 6.07) is 66.9. The van der Waals surface area contributed by atoms with Crippen molar-refractivity contribution in [3.8, 4) is 28.3 Å². The van der Waals surface area contributed by atoms with Crippen molar-refractivity contribution >= 4 is 46.6 Å². The van der Waals surface area contributed by atoms with E-state index in [9.17, 15) is 33.9 Å². The number of ether oxygens (including phenoxy) is 4. The molecule has 18 heteroatoms. The van der Waals surface area contributed by atoms with E-state index >= 15 is 0 Å². The number of carbonyl (C=O) groups is 5. The average Bonchev–Trinajstić information content (AvgIpc) is 1.63. The number of benzene rings is 8. The van der Waals surface area contributed by atoms with Gasteiger partial charge in [0.1, 0.15) is 37.7 Å². The number of nitrogens with zero attached hydrogens (tertiary/aromatic N) is 2. The van der Waals surface area contributed by atoms with E-state index in [4.69, 9.17) is 23.9 Å². The molecule has 0 saturated heterocycles. The number of pyridine rings is 2. The number of carbonyl (C=O) groups excluding carboxylic acids is 5. The van der Waals surface area contributed by atoms with Gasteiger partial charge in [0, 0.05) is 41.1 Å². The van der Waals surface area contributed by atoms with Crippen molar-refractivity contribution in [2.24, 2.45) is 0 Å². The summed E-state index contributed by atoms with van der Waals surface area (Å²) < 4.78 is 24.6. The monoisotopic (exact) mass is 1350 g/mol. The Hall–Kier alpha value is -11.2. The van der Waals surface area contributed by atoms with Crippen molar-refractivity contribution in [2.75, 3.05) is 31.6 Å². The van der Waals surface area contributed by atoms with E-state index in [1.54, 1.807) is 41.8 Å². The first-order valence-corrected chi connectivity index (χ1v) is 34.7. The Kier molecular flexibility index (Phi) is 20.6. The predicted octanol–water partition coefficient (Wildman–Crippen LogP) is 13.0. The molecule has 3 atom stereocenters. The van der Waals surface area contributed by atoms with Crippen LogP contribution >= 0.6 is 0 Å². The Labute approximate surface area is 586 Å². The third-order valence-corrected chi connectivity index (χ3v) is 19.7. The third-order valence-electron chi connectivity index (χ3n) is 19.7. The number of aromatic nitrogens is 2. The zero-order valence-corrected chi connectivity index (χ0v) is 56.8. The van der Waals surface area contributed by atoms with Gasteiger partial charge in [-0.05, 0) is 144 Å². The van der Waals surface area contributed by atoms with Gasteiger partial charge in [-0.1, -0.05) is 195 Å². The van der Waals surface area contributed by atoms with E-state index < -0.39 is 53.2 Å². The second-order valence-corrected chi connectivity index (χ2v) is 26.0. The lowest BCUT2D eigenvalue weighted by molar-refractivity contribution is -0.172. The van der Waals surface area contributed by atoms with Crippen LogP contribution in [0.4, 0.5) is 15.3 Å². The maximum absolute atomic E-state index is 14.8. The van der Waals surface area contributed by atoms with E-state index in [0.717, 1.165) is 66.6 Å². The van der Waals surface area contributed by atoms with Crippen molar-refractivity contribution in [2.45, 2.75) is 115 Å². The van der Waals surface area contributed by atoms with Gasteiger partial charge in [-0.25, -0.2) is 19.4 Å². The Morgan fingerprint density at radius 3 is 1.99 bits per heavy atom. The van der Waals surface area contributed by atoms with Gasteiger partial charge in [0.05, 0.1) is 41.2 Å². The van der Waals surface area contributed by atoms with Crippen LogP contribution in [-0.4, -0.2) is 83.0 Å². The quantitative estimate of drug-likeness (QED) is 0.0122. The molecule has 0 saturated carbocycles. The summed E-state index contributed by atoms with van der Waals surface area (Å²) in [5.41, 5.74) is 12.0. The number of aliphatic hydroxyl groups is 1. The summed E-state index contributed by atoms with van der Waals surface area (Å²) in [5, 5.41) is 27.9. The number of esters is 1. The van der Waals surface area contributed by atoms with Crippen LogP contribution in [0.2, 0.25) is 0 Å². The molecular formula is C83H81N7O11. The maximum atomic E-state index is 14.8. The fraction of sp³-hybridized carbons (Fsp3) is 0.265. The fourth-order valence-electron chi connectivity index (χ4n) is 14.3. The number of amides is 4. The standard InChI is InChI=1S/C83H81N7O11/c1-4-61-66-47-60(41-42-71(66)87-75-67(61)49-90-74(75)48-70-69(78(90)93)52-99-79(94)82(70,97)5-2)98-45-21-43-84-80(95)100-50-55-35-39-59(40-36-55)86-76(91)72(32-19-20-44-85-83(56-24-11-7-12-25-56,57-26-13-8-14-27-57)58-37-33-53(3)34-38-58)88-77(92)73(46-54-22-9-6-10-23-54)89-81(96)101-51-68-64-30-17-15-28-62(64)63-29-16-18-31-65(63)68/h6-18,22-31,33-42,47-48,68,72-73,85,97H,4-5,19-21,32,43-46,49-52H2,1-3H3,(H,84,95)(H,86,91)(H,88,92)(H,89,96)/t72-,73-,82-/m0/s1. The van der Waals surface area contributed by atoms with E-state index in [1.165, 1.54) is 0 Å². The van der Waals surface area contributed by atoms with E-state index in [0.29, 0.717) is 72.7 Å². The maximum Gasteiger partial charge on any atom is 0.407 e. The Morgan fingerprint density at radius 2 is 1.32 bits per heavy atom. The molecule has 0 fully saturated rings. The predicted molar refractivity (Wildman–Crippen MR) is 387 cm³/mol. The first kappa shape index (κ1) is 68.3. The highest BCUT2D eigenvalue weighted by Gasteiger charge is 2.46. The van der Waals surface area contributed by atoms with Crippen LogP contribution in [0.15, 0.2) is 217 Å². The summed E-state index contributed by atoms with van der Waals surface area (Å²) in [6.07, 6.45) is 1.34. The number of nitrogens with one attached hydrogen (secondary N) is 5.